The van der Waals surface area contributed by atoms with E-state index in [1.807, 2.05) is 23.1 Å². The minimum Gasteiger partial charge on any atom is -0.337 e. The predicted octanol–water partition coefficient (Wildman–Crippen LogP) is 6.08. The molecule has 5 rings (SSSR count). The molecule has 5 nitrogen and oxygen atoms in total. The van der Waals surface area contributed by atoms with Crippen LogP contribution in [-0.2, 0) is 11.0 Å². The lowest BCUT2D eigenvalue weighted by Gasteiger charge is -2.32. The normalized spacial score (nSPS) is 19.9. The molecule has 2 aliphatic heterocycles. The number of carbonyl (C=O) groups excluding carboxylic acids is 1. The van der Waals surface area contributed by atoms with Crippen molar-refractivity contribution in [3.8, 4) is 0 Å². The predicted molar refractivity (Wildman–Crippen MR) is 135 cm³/mol. The Labute approximate surface area is 212 Å². The fraction of sp³-hybridized carbons (Fsp3) is 0.407. The van der Waals surface area contributed by atoms with Crippen molar-refractivity contribution in [3.05, 3.63) is 70.4 Å². The first-order valence-electron chi connectivity index (χ1n) is 12.3. The van der Waals surface area contributed by atoms with Gasteiger partial charge in [-0.1, -0.05) is 42.3 Å². The Morgan fingerprint density at radius 1 is 1.19 bits per heavy atom. The summed E-state index contributed by atoms with van der Waals surface area (Å²) in [6.45, 7) is 3.80. The molecule has 1 fully saturated rings. The van der Waals surface area contributed by atoms with E-state index in [-0.39, 0.29) is 22.5 Å². The van der Waals surface area contributed by atoms with Crippen molar-refractivity contribution in [3.63, 3.8) is 0 Å². The summed E-state index contributed by atoms with van der Waals surface area (Å²) in [5.74, 6) is 0.163. The van der Waals surface area contributed by atoms with Crippen LogP contribution in [0.4, 0.5) is 13.2 Å². The summed E-state index contributed by atoms with van der Waals surface area (Å²) in [6, 6.07) is 9.05. The lowest BCUT2D eigenvalue weighted by Crippen LogP contribution is -2.49. The van der Waals surface area contributed by atoms with E-state index >= 15 is 0 Å². The number of halogens is 4. The van der Waals surface area contributed by atoms with Crippen LogP contribution in [0.1, 0.15) is 55.3 Å². The number of aromatic nitrogens is 2. The molecule has 36 heavy (non-hydrogen) atoms. The smallest absolute Gasteiger partial charge is 0.337 e. The summed E-state index contributed by atoms with van der Waals surface area (Å²) in [7, 11) is 0. The molecule has 1 aromatic heterocycles. The van der Waals surface area contributed by atoms with E-state index in [2.05, 4.69) is 16.5 Å². The molecule has 9 heteroatoms. The van der Waals surface area contributed by atoms with E-state index in [0.717, 1.165) is 60.3 Å². The lowest BCUT2D eigenvalue weighted by molar-refractivity contribution is -0.138. The van der Waals surface area contributed by atoms with Gasteiger partial charge in [-0.3, -0.25) is 9.48 Å². The molecular formula is C27H28ClF3N4O. The topological polar surface area (TPSA) is 50.2 Å². The third kappa shape index (κ3) is 4.89. The fourth-order valence-corrected chi connectivity index (χ4v) is 5.40. The monoisotopic (exact) mass is 516 g/mol. The van der Waals surface area contributed by atoms with Crippen LogP contribution in [0.2, 0.25) is 5.02 Å². The van der Waals surface area contributed by atoms with Crippen molar-refractivity contribution in [1.29, 1.82) is 0 Å². The van der Waals surface area contributed by atoms with Crippen LogP contribution in [0.15, 0.2) is 48.7 Å². The average Bonchev–Trinajstić information content (AvgIpc) is 3.31. The summed E-state index contributed by atoms with van der Waals surface area (Å²) in [6.07, 6.45) is 3.03. The van der Waals surface area contributed by atoms with Gasteiger partial charge in [0, 0.05) is 23.5 Å². The molecule has 0 spiro atoms. The summed E-state index contributed by atoms with van der Waals surface area (Å²) < 4.78 is 42.8. The molecule has 1 amide bonds. The van der Waals surface area contributed by atoms with Gasteiger partial charge < -0.3 is 10.2 Å². The van der Waals surface area contributed by atoms with Gasteiger partial charge in [0.05, 0.1) is 29.4 Å². The van der Waals surface area contributed by atoms with Gasteiger partial charge in [-0.2, -0.15) is 18.3 Å². The quantitative estimate of drug-likeness (QED) is 0.457. The van der Waals surface area contributed by atoms with Crippen molar-refractivity contribution in [2.75, 3.05) is 19.6 Å². The van der Waals surface area contributed by atoms with Gasteiger partial charge in [-0.15, -0.1) is 0 Å². The number of nitrogens with one attached hydrogen (secondary N) is 1. The van der Waals surface area contributed by atoms with Crippen molar-refractivity contribution in [1.82, 2.24) is 20.0 Å². The minimum atomic E-state index is -4.52. The third-order valence-electron chi connectivity index (χ3n) is 7.24. The number of rotatable bonds is 4. The number of piperidine rings is 1. The molecule has 190 valence electrons. The highest BCUT2D eigenvalue weighted by Gasteiger charge is 2.35. The second-order valence-electron chi connectivity index (χ2n) is 9.53. The number of hydrogen-bond acceptors (Lipinski definition) is 3. The number of amides is 1. The molecule has 3 aromatic rings. The average molecular weight is 517 g/mol. The standard InChI is InChI=1S/C27H28ClF3N4O/c1-17(22-8-7-21(28)15-23(22)27(29,30)31)35-25-14-19(5-6-20(25)16-33-35)18-9-12-34(13-10-18)26(36)24-4-2-3-11-32-24/h5-9,14-17,24,32H,2-4,10-13H2,1H3/t17?,24-/m1/s1. The maximum atomic E-state index is 13.7. The van der Waals surface area contributed by atoms with Crippen molar-refractivity contribution >= 4 is 34.0 Å². The maximum absolute atomic E-state index is 13.7. The van der Waals surface area contributed by atoms with E-state index in [9.17, 15) is 18.0 Å². The van der Waals surface area contributed by atoms with Crippen LogP contribution in [0.5, 0.6) is 0 Å². The zero-order valence-corrected chi connectivity index (χ0v) is 20.7. The molecular weight excluding hydrogens is 489 g/mol. The summed E-state index contributed by atoms with van der Waals surface area (Å²) in [4.78, 5) is 14.7. The van der Waals surface area contributed by atoms with Crippen LogP contribution < -0.4 is 5.32 Å². The molecule has 2 atom stereocenters. The van der Waals surface area contributed by atoms with Crippen molar-refractivity contribution in [2.24, 2.45) is 0 Å². The molecule has 2 aromatic carbocycles. The Kier molecular flexibility index (Phi) is 6.83. The molecule has 3 heterocycles. The van der Waals surface area contributed by atoms with Gasteiger partial charge in [-0.25, -0.2) is 0 Å². The van der Waals surface area contributed by atoms with Gasteiger partial charge in [-0.05, 0) is 67.6 Å². The molecule has 0 aliphatic carbocycles. The Balaban J connectivity index is 1.41. The van der Waals surface area contributed by atoms with E-state index in [0.29, 0.717) is 13.1 Å². The zero-order valence-electron chi connectivity index (χ0n) is 20.0. The van der Waals surface area contributed by atoms with Crippen LogP contribution in [0.25, 0.3) is 16.5 Å². The molecule has 1 saturated heterocycles. The number of alkyl halides is 3. The summed E-state index contributed by atoms with van der Waals surface area (Å²) >= 11 is 5.87. The van der Waals surface area contributed by atoms with Crippen LogP contribution in [0, 0.1) is 0 Å². The Morgan fingerprint density at radius 3 is 2.72 bits per heavy atom. The van der Waals surface area contributed by atoms with Gasteiger partial charge in [0.1, 0.15) is 0 Å². The third-order valence-corrected chi connectivity index (χ3v) is 7.47. The molecule has 2 aliphatic rings. The molecule has 1 N–H and O–H groups in total. The largest absolute Gasteiger partial charge is 0.416 e. The number of fused-ring (bicyclic) bond motifs is 1. The highest BCUT2D eigenvalue weighted by atomic mass is 35.5. The molecule has 0 bridgehead atoms. The molecule has 1 unspecified atom stereocenters. The van der Waals surface area contributed by atoms with Crippen molar-refractivity contribution in [2.45, 2.75) is 50.9 Å². The Morgan fingerprint density at radius 2 is 2.03 bits per heavy atom. The lowest BCUT2D eigenvalue weighted by atomic mass is 9.97. The summed E-state index contributed by atoms with van der Waals surface area (Å²) in [5, 5.41) is 8.65. The Bertz CT molecular complexity index is 1310. The Hall–Kier alpha value is -2.84. The summed E-state index contributed by atoms with van der Waals surface area (Å²) in [5.41, 5.74) is 2.24. The van der Waals surface area contributed by atoms with E-state index < -0.39 is 17.8 Å². The first kappa shape index (κ1) is 24.8. The number of nitrogens with zero attached hydrogens (tertiary/aromatic N) is 3. The van der Waals surface area contributed by atoms with Crippen LogP contribution >= 0.6 is 11.6 Å². The van der Waals surface area contributed by atoms with E-state index in [4.69, 9.17) is 11.6 Å². The molecule has 0 saturated carbocycles. The highest BCUT2D eigenvalue weighted by Crippen LogP contribution is 2.38. The zero-order chi connectivity index (χ0) is 25.4. The number of benzene rings is 2. The number of carbonyl (C=O) groups is 1. The van der Waals surface area contributed by atoms with Crippen LogP contribution in [0.3, 0.4) is 0 Å². The van der Waals surface area contributed by atoms with E-state index in [1.54, 1.807) is 17.8 Å². The van der Waals surface area contributed by atoms with Crippen LogP contribution in [-0.4, -0.2) is 46.3 Å². The van der Waals surface area contributed by atoms with Gasteiger partial charge in [0.25, 0.3) is 0 Å². The second-order valence-corrected chi connectivity index (χ2v) is 9.97. The first-order valence-corrected chi connectivity index (χ1v) is 12.7. The highest BCUT2D eigenvalue weighted by molar-refractivity contribution is 6.30. The first-order chi connectivity index (χ1) is 17.2. The van der Waals surface area contributed by atoms with Crippen molar-refractivity contribution < 1.29 is 18.0 Å². The minimum absolute atomic E-state index is 0.0434. The maximum Gasteiger partial charge on any atom is 0.416 e. The second kappa shape index (κ2) is 9.90. The SMILES string of the molecule is CC(c1ccc(Cl)cc1C(F)(F)F)n1ncc2ccc(C3=CCN(C(=O)[C@H]4CCCCN4)CC3)cc21. The fourth-order valence-electron chi connectivity index (χ4n) is 5.23. The van der Waals surface area contributed by atoms with Gasteiger partial charge in [0.15, 0.2) is 0 Å². The van der Waals surface area contributed by atoms with E-state index in [1.165, 1.54) is 12.1 Å². The van der Waals surface area contributed by atoms with Gasteiger partial charge in [0.2, 0.25) is 5.91 Å². The van der Waals surface area contributed by atoms with Gasteiger partial charge >= 0.3 is 6.18 Å². The molecule has 0 radical (unpaired) electrons. The number of hydrogen-bond donors (Lipinski definition) is 1.